The van der Waals surface area contributed by atoms with E-state index in [2.05, 4.69) is 20.3 Å². The first-order chi connectivity index (χ1) is 17.0. The lowest BCUT2D eigenvalue weighted by atomic mass is 9.85. The molecule has 2 aromatic rings. The number of amides is 1. The van der Waals surface area contributed by atoms with Crippen LogP contribution in [0.1, 0.15) is 35.8 Å². The maximum Gasteiger partial charge on any atom is 0.275 e. The number of thioether (sulfide) groups is 1. The summed E-state index contributed by atoms with van der Waals surface area (Å²) in [5.41, 5.74) is 4.72. The van der Waals surface area contributed by atoms with Crippen LogP contribution in [0.3, 0.4) is 0 Å². The minimum absolute atomic E-state index is 0.00166. The molecule has 1 aromatic heterocycles. The number of nitrogens with two attached hydrogens (primary N) is 1. The summed E-state index contributed by atoms with van der Waals surface area (Å²) in [6.45, 7) is 1.87. The number of benzene rings is 1. The van der Waals surface area contributed by atoms with Crippen LogP contribution >= 0.6 is 11.8 Å². The Balaban J connectivity index is 1.33. The van der Waals surface area contributed by atoms with E-state index in [1.165, 1.54) is 17.8 Å². The second-order valence-corrected chi connectivity index (χ2v) is 10.9. The van der Waals surface area contributed by atoms with E-state index >= 15 is 4.39 Å². The molecule has 36 heavy (non-hydrogen) atoms. The lowest BCUT2D eigenvalue weighted by Crippen LogP contribution is -2.38. The molecule has 3 N–H and O–H groups in total. The Labute approximate surface area is 208 Å². The number of nitrogens with zero attached hydrogens (tertiary/aromatic N) is 3. The number of carbonyl (C=O) groups excluding carboxylic acids is 1. The molecular formula is C23H23F4N5O3S. The van der Waals surface area contributed by atoms with E-state index in [0.29, 0.717) is 13.0 Å². The number of ether oxygens (including phenoxy) is 2. The molecule has 192 valence electrons. The van der Waals surface area contributed by atoms with E-state index in [9.17, 15) is 18.0 Å². The fraction of sp³-hybridized carbons (Fsp3) is 0.478. The summed E-state index contributed by atoms with van der Waals surface area (Å²) < 4.78 is 65.7. The minimum Gasteiger partial charge on any atom is -0.476 e. The van der Waals surface area contributed by atoms with E-state index in [0.717, 1.165) is 18.5 Å². The number of methoxy groups -OCH3 is 1. The second-order valence-electron chi connectivity index (χ2n) is 9.44. The van der Waals surface area contributed by atoms with E-state index in [-0.39, 0.29) is 51.7 Å². The van der Waals surface area contributed by atoms with Gasteiger partial charge in [-0.2, -0.15) is 0 Å². The fourth-order valence-electron chi connectivity index (χ4n) is 4.70. The summed E-state index contributed by atoms with van der Waals surface area (Å²) in [5, 5.41) is 2.74. The summed E-state index contributed by atoms with van der Waals surface area (Å²) in [6, 6.07) is 2.19. The van der Waals surface area contributed by atoms with Crippen molar-refractivity contribution in [2.45, 2.75) is 36.0 Å². The van der Waals surface area contributed by atoms with E-state index < -0.39 is 34.9 Å². The van der Waals surface area contributed by atoms with Gasteiger partial charge in [-0.25, -0.2) is 27.5 Å². The third kappa shape index (κ3) is 4.38. The molecule has 2 heterocycles. The largest absolute Gasteiger partial charge is 0.476 e. The summed E-state index contributed by atoms with van der Waals surface area (Å²) >= 11 is 1.37. The maximum atomic E-state index is 15.0. The Morgan fingerprint density at radius 1 is 1.25 bits per heavy atom. The van der Waals surface area contributed by atoms with Gasteiger partial charge in [0.15, 0.2) is 16.8 Å². The molecule has 1 amide bonds. The van der Waals surface area contributed by atoms with Gasteiger partial charge in [0.25, 0.3) is 11.8 Å². The Morgan fingerprint density at radius 3 is 2.64 bits per heavy atom. The third-order valence-corrected chi connectivity index (χ3v) is 8.10. The number of amidine groups is 1. The number of nitrogens with one attached hydrogen (secondary N) is 1. The Bertz CT molecular complexity index is 1250. The standard InChI is InChI=1S/C23H23F4N5O3S/c1-21(16-6-22(16,10-34-2)36-20(28)32-21)13-3-12(4-14(24)18(13)25)31-19(33)15-7-30-17(8-29-15)35-9-11-5-23(11,26)27/h3-4,7-8,11,16H,5-6,9-10H2,1-2H3,(H2,28,32)(H,31,33)/t11-,16+,21+,22-/m1/s1. The van der Waals surface area contributed by atoms with Crippen LogP contribution in [0.5, 0.6) is 5.88 Å². The van der Waals surface area contributed by atoms with E-state index in [1.54, 1.807) is 14.0 Å². The predicted octanol–water partition coefficient (Wildman–Crippen LogP) is 3.72. The van der Waals surface area contributed by atoms with Gasteiger partial charge in [0, 0.05) is 36.8 Å². The van der Waals surface area contributed by atoms with Gasteiger partial charge >= 0.3 is 0 Å². The highest BCUT2D eigenvalue weighted by molar-refractivity contribution is 8.15. The van der Waals surface area contributed by atoms with Crippen molar-refractivity contribution in [1.29, 1.82) is 0 Å². The number of aliphatic imine (C=N–C) groups is 1. The Kier molecular flexibility index (Phi) is 5.90. The molecule has 3 aliphatic rings. The van der Waals surface area contributed by atoms with Crippen molar-refractivity contribution in [3.05, 3.63) is 47.4 Å². The first-order valence-corrected chi connectivity index (χ1v) is 12.0. The van der Waals surface area contributed by atoms with Crippen LogP contribution < -0.4 is 15.8 Å². The summed E-state index contributed by atoms with van der Waals surface area (Å²) in [5.74, 6) is -6.67. The molecule has 5 rings (SSSR count). The smallest absolute Gasteiger partial charge is 0.275 e. The number of anilines is 1. The molecule has 2 saturated carbocycles. The Morgan fingerprint density at radius 2 is 2.00 bits per heavy atom. The van der Waals surface area contributed by atoms with Crippen molar-refractivity contribution in [2.75, 3.05) is 25.6 Å². The second kappa shape index (κ2) is 8.58. The van der Waals surface area contributed by atoms with Crippen molar-refractivity contribution in [2.24, 2.45) is 22.6 Å². The lowest BCUT2D eigenvalue weighted by Gasteiger charge is -2.34. The molecule has 1 aliphatic heterocycles. The molecule has 0 saturated heterocycles. The first kappa shape index (κ1) is 24.8. The fourth-order valence-corrected chi connectivity index (χ4v) is 6.15. The third-order valence-electron chi connectivity index (χ3n) is 6.82. The average Bonchev–Trinajstić information content (AvgIpc) is 3.69. The van der Waals surface area contributed by atoms with Gasteiger partial charge in [-0.15, -0.1) is 0 Å². The maximum absolute atomic E-state index is 15.0. The molecule has 2 fully saturated rings. The molecule has 8 nitrogen and oxygen atoms in total. The number of rotatable bonds is 8. The van der Waals surface area contributed by atoms with Gasteiger partial charge in [0.1, 0.15) is 5.69 Å². The monoisotopic (exact) mass is 525 g/mol. The van der Waals surface area contributed by atoms with Crippen LogP contribution in [0.4, 0.5) is 23.2 Å². The number of carbonyl (C=O) groups is 1. The minimum atomic E-state index is -2.72. The van der Waals surface area contributed by atoms with Crippen LogP contribution in [-0.2, 0) is 10.3 Å². The molecule has 4 atom stereocenters. The van der Waals surface area contributed by atoms with Gasteiger partial charge in [0.05, 0.1) is 41.8 Å². The zero-order valence-corrected chi connectivity index (χ0v) is 20.2. The lowest BCUT2D eigenvalue weighted by molar-refractivity contribution is 0.0849. The quantitative estimate of drug-likeness (QED) is 0.506. The topological polar surface area (TPSA) is 112 Å². The predicted molar refractivity (Wildman–Crippen MR) is 124 cm³/mol. The highest BCUT2D eigenvalue weighted by Gasteiger charge is 2.66. The number of aromatic nitrogens is 2. The van der Waals surface area contributed by atoms with Crippen molar-refractivity contribution in [3.63, 3.8) is 0 Å². The van der Waals surface area contributed by atoms with Gasteiger partial charge in [-0.1, -0.05) is 11.8 Å². The van der Waals surface area contributed by atoms with Crippen LogP contribution in [0, 0.1) is 23.5 Å². The van der Waals surface area contributed by atoms with E-state index in [4.69, 9.17) is 15.2 Å². The van der Waals surface area contributed by atoms with Gasteiger partial charge < -0.3 is 20.5 Å². The van der Waals surface area contributed by atoms with Gasteiger partial charge in [-0.3, -0.25) is 9.79 Å². The highest BCUT2D eigenvalue weighted by atomic mass is 32.2. The number of fused-ring (bicyclic) bond motifs is 1. The van der Waals surface area contributed by atoms with Crippen molar-refractivity contribution in [3.8, 4) is 5.88 Å². The normalized spacial score (nSPS) is 29.7. The van der Waals surface area contributed by atoms with Crippen LogP contribution in [0.25, 0.3) is 0 Å². The van der Waals surface area contributed by atoms with Crippen LogP contribution in [-0.4, -0.2) is 52.0 Å². The summed E-state index contributed by atoms with van der Waals surface area (Å²) in [6.07, 6.45) is 2.66. The zero-order chi connectivity index (χ0) is 25.9. The Hall–Kier alpha value is -2.93. The zero-order valence-electron chi connectivity index (χ0n) is 19.4. The first-order valence-electron chi connectivity index (χ1n) is 11.1. The molecule has 0 radical (unpaired) electrons. The number of hydrogen-bond acceptors (Lipinski definition) is 8. The number of halogens is 4. The average molecular weight is 526 g/mol. The molecule has 1 aromatic carbocycles. The van der Waals surface area contributed by atoms with E-state index in [1.807, 2.05) is 0 Å². The number of alkyl halides is 2. The van der Waals surface area contributed by atoms with Crippen LogP contribution in [0.2, 0.25) is 0 Å². The molecule has 13 heteroatoms. The highest BCUT2D eigenvalue weighted by Crippen LogP contribution is 2.66. The molecule has 0 bridgehead atoms. The number of hydrogen-bond donors (Lipinski definition) is 2. The van der Waals surface area contributed by atoms with Crippen molar-refractivity contribution in [1.82, 2.24) is 9.97 Å². The molecule has 0 unspecified atom stereocenters. The van der Waals surface area contributed by atoms with Crippen molar-refractivity contribution >= 4 is 28.5 Å². The van der Waals surface area contributed by atoms with Crippen LogP contribution in [0.15, 0.2) is 29.5 Å². The summed E-state index contributed by atoms with van der Waals surface area (Å²) in [7, 11) is 1.56. The SMILES string of the molecule is COC[C@]12C[C@H]1[C@](C)(c1cc(NC(=O)c3cnc(OC[C@H]4CC4(F)F)cn3)cc(F)c1F)N=C(N)S2. The molecule has 0 spiro atoms. The summed E-state index contributed by atoms with van der Waals surface area (Å²) in [4.78, 5) is 25.0. The van der Waals surface area contributed by atoms with Crippen molar-refractivity contribution < 1.29 is 31.8 Å². The van der Waals surface area contributed by atoms with Gasteiger partial charge in [-0.05, 0) is 19.4 Å². The molecule has 2 aliphatic carbocycles. The van der Waals surface area contributed by atoms with Gasteiger partial charge in [0.2, 0.25) is 5.88 Å². The molecular weight excluding hydrogens is 502 g/mol.